The van der Waals surface area contributed by atoms with Gasteiger partial charge >= 0.3 is 6.18 Å². The van der Waals surface area contributed by atoms with Crippen LogP contribution in [-0.2, 0) is 17.7 Å². The van der Waals surface area contributed by atoms with E-state index in [-0.39, 0.29) is 13.0 Å². The largest absolute Gasteiger partial charge is 0.411 e. The molecule has 1 aromatic heterocycles. The lowest BCUT2D eigenvalue weighted by molar-refractivity contribution is -0.174. The molecule has 0 aliphatic rings. The second-order valence-corrected chi connectivity index (χ2v) is 4.52. The summed E-state index contributed by atoms with van der Waals surface area (Å²) in [7, 11) is 0. The van der Waals surface area contributed by atoms with E-state index in [0.717, 1.165) is 11.0 Å². The first kappa shape index (κ1) is 15.3. The number of hydrogen-bond donors (Lipinski definition) is 0. The van der Waals surface area contributed by atoms with Gasteiger partial charge in [0.2, 0.25) is 0 Å². The SMILES string of the molecule is N#CCc1nc2ccccc2n1CCCOCC(F)(F)F. The first-order valence-electron chi connectivity index (χ1n) is 6.47. The number of ether oxygens (including phenoxy) is 1. The molecule has 0 radical (unpaired) electrons. The van der Waals surface area contributed by atoms with Crippen LogP contribution in [0.3, 0.4) is 0 Å². The number of rotatable bonds is 6. The van der Waals surface area contributed by atoms with E-state index in [4.69, 9.17) is 5.26 Å². The third-order valence-electron chi connectivity index (χ3n) is 2.91. The van der Waals surface area contributed by atoms with Crippen molar-refractivity contribution in [3.8, 4) is 6.07 Å². The number of imidazole rings is 1. The van der Waals surface area contributed by atoms with Gasteiger partial charge in [0.1, 0.15) is 12.4 Å². The predicted molar refractivity (Wildman–Crippen MR) is 70.5 cm³/mol. The van der Waals surface area contributed by atoms with Crippen LogP contribution in [0, 0.1) is 11.3 Å². The van der Waals surface area contributed by atoms with Gasteiger partial charge in [-0.25, -0.2) is 4.98 Å². The first-order chi connectivity index (χ1) is 10.0. The molecular formula is C14H14F3N3O. The Morgan fingerprint density at radius 1 is 1.29 bits per heavy atom. The van der Waals surface area contributed by atoms with Crippen LogP contribution in [0.4, 0.5) is 13.2 Å². The maximum Gasteiger partial charge on any atom is 0.411 e. The Bertz CT molecular complexity index is 643. The fraction of sp³-hybridized carbons (Fsp3) is 0.429. The van der Waals surface area contributed by atoms with Gasteiger partial charge in [-0.15, -0.1) is 0 Å². The highest BCUT2D eigenvalue weighted by atomic mass is 19.4. The highest BCUT2D eigenvalue weighted by Gasteiger charge is 2.27. The Balaban J connectivity index is 2.00. The zero-order valence-corrected chi connectivity index (χ0v) is 11.2. The Morgan fingerprint density at radius 2 is 2.05 bits per heavy atom. The van der Waals surface area contributed by atoms with Crippen molar-refractivity contribution in [2.45, 2.75) is 25.6 Å². The molecule has 0 aliphatic heterocycles. The molecular weight excluding hydrogens is 283 g/mol. The van der Waals surface area contributed by atoms with E-state index < -0.39 is 12.8 Å². The van der Waals surface area contributed by atoms with E-state index in [0.29, 0.717) is 18.8 Å². The highest BCUT2D eigenvalue weighted by Crippen LogP contribution is 2.17. The van der Waals surface area contributed by atoms with Gasteiger partial charge in [-0.2, -0.15) is 18.4 Å². The molecule has 1 heterocycles. The summed E-state index contributed by atoms with van der Waals surface area (Å²) in [6.45, 7) is -0.754. The van der Waals surface area contributed by atoms with Crippen molar-refractivity contribution >= 4 is 11.0 Å². The topological polar surface area (TPSA) is 50.8 Å². The number of nitriles is 1. The van der Waals surface area contributed by atoms with Gasteiger partial charge in [0.15, 0.2) is 0 Å². The Hall–Kier alpha value is -2.07. The Kier molecular flexibility index (Phi) is 4.81. The van der Waals surface area contributed by atoms with Gasteiger partial charge < -0.3 is 9.30 Å². The summed E-state index contributed by atoms with van der Waals surface area (Å²) in [5, 5.41) is 8.82. The lowest BCUT2D eigenvalue weighted by Crippen LogP contribution is -2.18. The van der Waals surface area contributed by atoms with Gasteiger partial charge in [-0.3, -0.25) is 0 Å². The Labute approximate surface area is 119 Å². The van der Waals surface area contributed by atoms with Gasteiger partial charge in [-0.1, -0.05) is 12.1 Å². The molecule has 0 fully saturated rings. The zero-order valence-electron chi connectivity index (χ0n) is 11.2. The zero-order chi connectivity index (χ0) is 15.3. The van der Waals surface area contributed by atoms with Crippen LogP contribution in [0.5, 0.6) is 0 Å². The number of benzene rings is 1. The summed E-state index contributed by atoms with van der Waals surface area (Å²) in [6, 6.07) is 9.47. The molecule has 21 heavy (non-hydrogen) atoms. The molecule has 0 saturated heterocycles. The number of alkyl halides is 3. The second-order valence-electron chi connectivity index (χ2n) is 4.52. The molecule has 4 nitrogen and oxygen atoms in total. The third-order valence-corrected chi connectivity index (χ3v) is 2.91. The minimum Gasteiger partial charge on any atom is -0.372 e. The summed E-state index contributed by atoms with van der Waals surface area (Å²) >= 11 is 0. The fourth-order valence-electron chi connectivity index (χ4n) is 2.09. The fourth-order valence-corrected chi connectivity index (χ4v) is 2.09. The average molecular weight is 297 g/mol. The molecule has 0 bridgehead atoms. The van der Waals surface area contributed by atoms with Crippen molar-refractivity contribution in [2.75, 3.05) is 13.2 Å². The quantitative estimate of drug-likeness (QED) is 0.770. The minimum absolute atomic E-state index is 0.0119. The van der Waals surface area contributed by atoms with E-state index in [1.165, 1.54) is 0 Å². The molecule has 0 aliphatic carbocycles. The molecule has 2 aromatic rings. The smallest absolute Gasteiger partial charge is 0.372 e. The van der Waals surface area contributed by atoms with Crippen molar-refractivity contribution in [1.82, 2.24) is 9.55 Å². The molecule has 0 N–H and O–H groups in total. The van der Waals surface area contributed by atoms with Gasteiger partial charge in [0, 0.05) is 13.2 Å². The maximum absolute atomic E-state index is 12.0. The second kappa shape index (κ2) is 6.59. The van der Waals surface area contributed by atoms with Crippen molar-refractivity contribution < 1.29 is 17.9 Å². The van der Waals surface area contributed by atoms with Gasteiger partial charge in [0.05, 0.1) is 23.5 Å². The molecule has 0 spiro atoms. The monoisotopic (exact) mass is 297 g/mol. The minimum atomic E-state index is -4.30. The molecule has 0 amide bonds. The molecule has 0 atom stereocenters. The third kappa shape index (κ3) is 4.20. The Morgan fingerprint density at radius 3 is 2.76 bits per heavy atom. The van der Waals surface area contributed by atoms with E-state index in [1.54, 1.807) is 0 Å². The van der Waals surface area contributed by atoms with Crippen molar-refractivity contribution in [2.24, 2.45) is 0 Å². The van der Waals surface area contributed by atoms with Crippen LogP contribution < -0.4 is 0 Å². The van der Waals surface area contributed by atoms with Crippen molar-refractivity contribution in [3.05, 3.63) is 30.1 Å². The summed E-state index contributed by atoms with van der Waals surface area (Å²) in [6.07, 6.45) is -3.71. The molecule has 0 saturated carbocycles. The van der Waals surface area contributed by atoms with Crippen LogP contribution in [-0.4, -0.2) is 28.9 Å². The van der Waals surface area contributed by atoms with Gasteiger partial charge in [0.25, 0.3) is 0 Å². The van der Waals surface area contributed by atoms with Crippen molar-refractivity contribution in [1.29, 1.82) is 5.26 Å². The van der Waals surface area contributed by atoms with Crippen LogP contribution in [0.25, 0.3) is 11.0 Å². The van der Waals surface area contributed by atoms with Crippen molar-refractivity contribution in [3.63, 3.8) is 0 Å². The number of hydrogen-bond acceptors (Lipinski definition) is 3. The summed E-state index contributed by atoms with van der Waals surface area (Å²) in [5.41, 5.74) is 1.65. The maximum atomic E-state index is 12.0. The first-order valence-corrected chi connectivity index (χ1v) is 6.47. The lowest BCUT2D eigenvalue weighted by atomic mass is 10.3. The summed E-state index contributed by atoms with van der Waals surface area (Å²) < 4.78 is 42.3. The molecule has 1 aromatic carbocycles. The predicted octanol–water partition coefficient (Wildman–Crippen LogP) is 3.07. The molecule has 0 unspecified atom stereocenters. The van der Waals surface area contributed by atoms with Crippen LogP contribution in [0.15, 0.2) is 24.3 Å². The molecule has 7 heteroatoms. The number of fused-ring (bicyclic) bond motifs is 1. The van der Waals surface area contributed by atoms with Crippen LogP contribution in [0.2, 0.25) is 0 Å². The number of halogens is 3. The van der Waals surface area contributed by atoms with E-state index in [9.17, 15) is 13.2 Å². The van der Waals surface area contributed by atoms with E-state index >= 15 is 0 Å². The normalized spacial score (nSPS) is 11.7. The lowest BCUT2D eigenvalue weighted by Gasteiger charge is -2.09. The van der Waals surface area contributed by atoms with Crippen LogP contribution in [0.1, 0.15) is 12.2 Å². The standard InChI is InChI=1S/C14H14F3N3O/c15-14(16,17)10-21-9-3-8-20-12-5-2-1-4-11(12)19-13(20)6-7-18/h1-2,4-5H,3,6,8-10H2. The molecule has 2 rings (SSSR count). The summed E-state index contributed by atoms with van der Waals surface area (Å²) in [5.74, 6) is 0.620. The van der Waals surface area contributed by atoms with Crippen LogP contribution >= 0.6 is 0 Å². The number of aryl methyl sites for hydroxylation is 1. The number of para-hydroxylation sites is 2. The number of aromatic nitrogens is 2. The molecule has 112 valence electrons. The van der Waals surface area contributed by atoms with E-state index in [1.807, 2.05) is 34.9 Å². The van der Waals surface area contributed by atoms with E-state index in [2.05, 4.69) is 9.72 Å². The van der Waals surface area contributed by atoms with Gasteiger partial charge in [-0.05, 0) is 18.6 Å². The highest BCUT2D eigenvalue weighted by molar-refractivity contribution is 5.75. The number of nitrogens with zero attached hydrogens (tertiary/aromatic N) is 3. The summed E-state index contributed by atoms with van der Waals surface area (Å²) in [4.78, 5) is 4.36. The average Bonchev–Trinajstić information content (AvgIpc) is 2.76.